The van der Waals surface area contributed by atoms with Crippen LogP contribution in [0.4, 0.5) is 0 Å². The largest absolute Gasteiger partial charge is 0.366 e. The third-order valence-corrected chi connectivity index (χ3v) is 5.84. The molecule has 2 rings (SSSR count). The zero-order valence-electron chi connectivity index (χ0n) is 15.6. The molecule has 1 amide bonds. The summed E-state index contributed by atoms with van der Waals surface area (Å²) in [5.74, 6) is 0.181. The highest BCUT2D eigenvalue weighted by Gasteiger charge is 2.27. The lowest BCUT2D eigenvalue weighted by molar-refractivity contribution is 0.1000. The van der Waals surface area contributed by atoms with Crippen molar-refractivity contribution in [3.05, 3.63) is 34.5 Å². The number of amides is 1. The standard InChI is InChI=1S/C20H30N2OS/c1-6-7-8-10-16-19(17-11-9-12-24-17)18(20(21)23)15(5)22(16)14(4)13(2)3/h9,11-14H,6-8,10H2,1-5H3,(H2,21,23). The van der Waals surface area contributed by atoms with E-state index in [4.69, 9.17) is 5.73 Å². The van der Waals surface area contributed by atoms with E-state index in [0.717, 1.165) is 29.0 Å². The average molecular weight is 347 g/mol. The molecule has 0 radical (unpaired) electrons. The number of rotatable bonds is 8. The van der Waals surface area contributed by atoms with Crippen LogP contribution < -0.4 is 5.73 Å². The van der Waals surface area contributed by atoms with Gasteiger partial charge in [0.15, 0.2) is 0 Å². The van der Waals surface area contributed by atoms with Crippen LogP contribution in [0.25, 0.3) is 10.4 Å². The van der Waals surface area contributed by atoms with E-state index in [1.54, 1.807) is 11.3 Å². The number of carbonyl (C=O) groups is 1. The van der Waals surface area contributed by atoms with Crippen molar-refractivity contribution in [2.24, 2.45) is 11.7 Å². The van der Waals surface area contributed by atoms with Gasteiger partial charge in [-0.25, -0.2) is 0 Å². The zero-order chi connectivity index (χ0) is 17.9. The molecule has 3 nitrogen and oxygen atoms in total. The van der Waals surface area contributed by atoms with Gasteiger partial charge in [0.2, 0.25) is 0 Å². The van der Waals surface area contributed by atoms with Crippen molar-refractivity contribution in [1.82, 2.24) is 4.57 Å². The Morgan fingerprint density at radius 1 is 1.29 bits per heavy atom. The van der Waals surface area contributed by atoms with Gasteiger partial charge in [-0.3, -0.25) is 4.79 Å². The summed E-state index contributed by atoms with van der Waals surface area (Å²) in [4.78, 5) is 13.4. The zero-order valence-corrected chi connectivity index (χ0v) is 16.4. The quantitative estimate of drug-likeness (QED) is 0.624. The van der Waals surface area contributed by atoms with Crippen LogP contribution in [0.15, 0.2) is 17.5 Å². The van der Waals surface area contributed by atoms with Crippen molar-refractivity contribution in [3.63, 3.8) is 0 Å². The van der Waals surface area contributed by atoms with Gasteiger partial charge < -0.3 is 10.3 Å². The average Bonchev–Trinajstić information content (AvgIpc) is 3.12. The van der Waals surface area contributed by atoms with Crippen LogP contribution >= 0.6 is 11.3 Å². The molecular formula is C20H30N2OS. The maximum absolute atomic E-state index is 12.2. The highest BCUT2D eigenvalue weighted by molar-refractivity contribution is 7.13. The van der Waals surface area contributed by atoms with E-state index in [-0.39, 0.29) is 5.91 Å². The highest BCUT2D eigenvalue weighted by atomic mass is 32.1. The first-order chi connectivity index (χ1) is 11.4. The first kappa shape index (κ1) is 18.8. The molecule has 0 fully saturated rings. The summed E-state index contributed by atoms with van der Waals surface area (Å²) in [6.07, 6.45) is 4.53. The molecule has 24 heavy (non-hydrogen) atoms. The van der Waals surface area contributed by atoms with Crippen LogP contribution in [0.5, 0.6) is 0 Å². The molecule has 4 heteroatoms. The van der Waals surface area contributed by atoms with Crippen LogP contribution in [-0.2, 0) is 6.42 Å². The molecule has 0 aliphatic rings. The first-order valence-corrected chi connectivity index (χ1v) is 9.85. The van der Waals surface area contributed by atoms with Gasteiger partial charge in [0.25, 0.3) is 5.91 Å². The second kappa shape index (κ2) is 8.02. The Labute approximate surface area is 149 Å². The van der Waals surface area contributed by atoms with E-state index >= 15 is 0 Å². The summed E-state index contributed by atoms with van der Waals surface area (Å²) in [5, 5.41) is 2.06. The van der Waals surface area contributed by atoms with Crippen molar-refractivity contribution >= 4 is 17.2 Å². The molecule has 132 valence electrons. The van der Waals surface area contributed by atoms with Gasteiger partial charge >= 0.3 is 0 Å². The topological polar surface area (TPSA) is 48.0 Å². The number of carbonyl (C=O) groups excluding carboxylic acids is 1. The minimum absolute atomic E-state index is 0.317. The molecule has 0 saturated carbocycles. The molecule has 2 heterocycles. The fourth-order valence-corrected chi connectivity index (χ4v) is 4.19. The minimum Gasteiger partial charge on any atom is -0.366 e. The summed E-state index contributed by atoms with van der Waals surface area (Å²) in [5.41, 5.74) is 9.85. The van der Waals surface area contributed by atoms with Crippen molar-refractivity contribution < 1.29 is 4.79 Å². The Balaban J connectivity index is 2.69. The summed E-state index contributed by atoms with van der Waals surface area (Å²) in [6, 6.07) is 4.48. The lowest BCUT2D eigenvalue weighted by Gasteiger charge is -2.23. The van der Waals surface area contributed by atoms with Crippen molar-refractivity contribution in [1.29, 1.82) is 0 Å². The lowest BCUT2D eigenvalue weighted by atomic mass is 10.0. The molecule has 0 bridgehead atoms. The lowest BCUT2D eigenvalue weighted by Crippen LogP contribution is -2.17. The number of nitrogens with zero attached hydrogens (tertiary/aromatic N) is 1. The molecule has 0 aromatic carbocycles. The number of aromatic nitrogens is 1. The van der Waals surface area contributed by atoms with Gasteiger partial charge in [-0.2, -0.15) is 0 Å². The van der Waals surface area contributed by atoms with Crippen LogP contribution in [0, 0.1) is 12.8 Å². The highest BCUT2D eigenvalue weighted by Crippen LogP contribution is 2.39. The Kier molecular flexibility index (Phi) is 6.27. The molecule has 1 unspecified atom stereocenters. The number of hydrogen-bond acceptors (Lipinski definition) is 2. The van der Waals surface area contributed by atoms with Crippen molar-refractivity contribution in [2.45, 2.75) is 66.3 Å². The summed E-state index contributed by atoms with van der Waals surface area (Å²) in [6.45, 7) is 11.0. The summed E-state index contributed by atoms with van der Waals surface area (Å²) >= 11 is 1.68. The van der Waals surface area contributed by atoms with Crippen LogP contribution in [-0.4, -0.2) is 10.5 Å². The van der Waals surface area contributed by atoms with E-state index < -0.39 is 0 Å². The fourth-order valence-electron chi connectivity index (χ4n) is 3.39. The number of nitrogens with two attached hydrogens (primary N) is 1. The maximum Gasteiger partial charge on any atom is 0.251 e. The van der Waals surface area contributed by atoms with Crippen LogP contribution in [0.3, 0.4) is 0 Å². The molecule has 0 saturated heterocycles. The van der Waals surface area contributed by atoms with Gasteiger partial charge in [0.1, 0.15) is 0 Å². The smallest absolute Gasteiger partial charge is 0.251 e. The Morgan fingerprint density at radius 3 is 2.50 bits per heavy atom. The number of thiophene rings is 1. The Morgan fingerprint density at radius 2 is 2.00 bits per heavy atom. The molecule has 1 atom stereocenters. The van der Waals surface area contributed by atoms with Gasteiger partial charge in [-0.1, -0.05) is 39.7 Å². The van der Waals surface area contributed by atoms with E-state index in [1.807, 2.05) is 13.0 Å². The van der Waals surface area contributed by atoms with E-state index in [1.165, 1.54) is 18.5 Å². The van der Waals surface area contributed by atoms with Gasteiger partial charge in [-0.05, 0) is 44.1 Å². The first-order valence-electron chi connectivity index (χ1n) is 8.97. The van der Waals surface area contributed by atoms with Gasteiger partial charge in [-0.15, -0.1) is 11.3 Å². The summed E-state index contributed by atoms with van der Waals surface area (Å²) < 4.78 is 2.37. The minimum atomic E-state index is -0.317. The predicted octanol–water partition coefficient (Wildman–Crippen LogP) is 5.57. The Bertz CT molecular complexity index is 683. The van der Waals surface area contributed by atoms with Gasteiger partial charge in [0, 0.05) is 27.9 Å². The molecule has 0 spiro atoms. The Hall–Kier alpha value is -1.55. The second-order valence-corrected chi connectivity index (χ2v) is 7.88. The van der Waals surface area contributed by atoms with E-state index in [2.05, 4.69) is 43.7 Å². The van der Waals surface area contributed by atoms with Crippen molar-refractivity contribution in [2.75, 3.05) is 0 Å². The van der Waals surface area contributed by atoms with Crippen molar-refractivity contribution in [3.8, 4) is 10.4 Å². The predicted molar refractivity (Wildman–Crippen MR) is 104 cm³/mol. The molecule has 2 aromatic rings. The fraction of sp³-hybridized carbons (Fsp3) is 0.550. The number of hydrogen-bond donors (Lipinski definition) is 1. The van der Waals surface area contributed by atoms with E-state index in [9.17, 15) is 4.79 Å². The molecule has 0 aliphatic carbocycles. The third kappa shape index (κ3) is 3.59. The van der Waals surface area contributed by atoms with Gasteiger partial charge in [0.05, 0.1) is 5.56 Å². The molecular weight excluding hydrogens is 316 g/mol. The number of unbranched alkanes of at least 4 members (excludes halogenated alkanes) is 2. The molecule has 2 N–H and O–H groups in total. The van der Waals surface area contributed by atoms with E-state index in [0.29, 0.717) is 17.5 Å². The third-order valence-electron chi connectivity index (χ3n) is 4.96. The SMILES string of the molecule is CCCCCc1c(-c2cccs2)c(C(N)=O)c(C)n1C(C)C(C)C. The number of primary amides is 1. The second-order valence-electron chi connectivity index (χ2n) is 6.94. The van der Waals surface area contributed by atoms with Crippen LogP contribution in [0.2, 0.25) is 0 Å². The molecule has 2 aromatic heterocycles. The molecule has 0 aliphatic heterocycles. The van der Waals surface area contributed by atoms with Crippen LogP contribution in [0.1, 0.15) is 74.7 Å². The normalized spacial score (nSPS) is 12.8. The maximum atomic E-state index is 12.2. The summed E-state index contributed by atoms with van der Waals surface area (Å²) in [7, 11) is 0. The monoisotopic (exact) mass is 346 g/mol.